The van der Waals surface area contributed by atoms with Gasteiger partial charge in [0.15, 0.2) is 0 Å². The van der Waals surface area contributed by atoms with Crippen LogP contribution in [0.1, 0.15) is 22.3 Å². The van der Waals surface area contributed by atoms with Crippen LogP contribution in [0.4, 0.5) is 17.1 Å². The van der Waals surface area contributed by atoms with Crippen LogP contribution in [0.2, 0.25) is 0 Å². The average Bonchev–Trinajstić information content (AvgIpc) is 3.65. The Balaban J connectivity index is 1.01. The smallest absolute Gasteiger partial charge is 0.0754 e. The van der Waals surface area contributed by atoms with E-state index in [2.05, 4.69) is 248 Å². The molecule has 2 nitrogen and oxygen atoms in total. The minimum absolute atomic E-state index is 0.515. The molecule has 2 aliphatic rings. The third-order valence-electron chi connectivity index (χ3n) is 12.9. The van der Waals surface area contributed by atoms with Crippen molar-refractivity contribution in [3.63, 3.8) is 0 Å². The Morgan fingerprint density at radius 1 is 0.274 bits per heavy atom. The van der Waals surface area contributed by atoms with Gasteiger partial charge in [-0.1, -0.05) is 194 Å². The topological polar surface area (TPSA) is 16.1 Å². The maximum Gasteiger partial charge on any atom is 0.0754 e. The van der Waals surface area contributed by atoms with Crippen molar-refractivity contribution in [3.8, 4) is 67.0 Å². The zero-order valence-corrected chi connectivity index (χ0v) is 34.0. The van der Waals surface area contributed by atoms with Crippen molar-refractivity contribution in [2.45, 2.75) is 5.41 Å². The van der Waals surface area contributed by atoms with E-state index >= 15 is 0 Å². The molecule has 0 saturated carbocycles. The predicted molar refractivity (Wildman–Crippen MR) is 257 cm³/mol. The lowest BCUT2D eigenvalue weighted by molar-refractivity contribution is 0.753. The molecule has 0 amide bonds. The summed E-state index contributed by atoms with van der Waals surface area (Å²) in [6.07, 6.45) is 0. The van der Waals surface area contributed by atoms with Crippen LogP contribution in [0.25, 0.3) is 67.0 Å². The van der Waals surface area contributed by atoms with Gasteiger partial charge in [-0.2, -0.15) is 0 Å². The molecule has 0 fully saturated rings. The van der Waals surface area contributed by atoms with Gasteiger partial charge in [0, 0.05) is 16.8 Å². The molecular formula is C60H40N2. The number of hydrogen-bond acceptors (Lipinski definition) is 2. The van der Waals surface area contributed by atoms with Crippen LogP contribution in [-0.2, 0) is 5.41 Å². The molecule has 0 bridgehead atoms. The van der Waals surface area contributed by atoms with Crippen LogP contribution in [0.15, 0.2) is 243 Å². The lowest BCUT2D eigenvalue weighted by Gasteiger charge is -2.45. The highest BCUT2D eigenvalue weighted by atomic mass is 15.2. The Bertz CT molecular complexity index is 3230. The number of benzene rings is 9. The van der Waals surface area contributed by atoms with Crippen molar-refractivity contribution in [2.24, 2.45) is 0 Å². The van der Waals surface area contributed by atoms with Gasteiger partial charge in [-0.25, -0.2) is 4.98 Å². The Labute approximate surface area is 362 Å². The first-order valence-electron chi connectivity index (χ1n) is 21.4. The number of aromatic nitrogens is 1. The van der Waals surface area contributed by atoms with E-state index in [-0.39, 0.29) is 0 Å². The minimum Gasteiger partial charge on any atom is -0.310 e. The fraction of sp³-hybridized carbons (Fsp3) is 0.0167. The molecule has 0 unspecified atom stereocenters. The van der Waals surface area contributed by atoms with E-state index in [1.54, 1.807) is 0 Å². The maximum absolute atomic E-state index is 5.25. The summed E-state index contributed by atoms with van der Waals surface area (Å²) in [4.78, 5) is 7.69. The van der Waals surface area contributed by atoms with Crippen LogP contribution in [0, 0.1) is 0 Å². The normalized spacial score (nSPS) is 12.9. The lowest BCUT2D eigenvalue weighted by atomic mass is 9.64. The van der Waals surface area contributed by atoms with Gasteiger partial charge in [0.1, 0.15) is 0 Å². The second-order valence-corrected chi connectivity index (χ2v) is 16.3. The Hall–Kier alpha value is -8.07. The highest BCUT2D eigenvalue weighted by molar-refractivity contribution is 5.96. The highest BCUT2D eigenvalue weighted by Crippen LogP contribution is 2.63. The van der Waals surface area contributed by atoms with Gasteiger partial charge in [-0.15, -0.1) is 0 Å². The molecule has 2 heterocycles. The molecule has 0 atom stereocenters. The van der Waals surface area contributed by atoms with Crippen molar-refractivity contribution in [1.82, 2.24) is 4.98 Å². The molecule has 1 aliphatic carbocycles. The largest absolute Gasteiger partial charge is 0.310 e. The van der Waals surface area contributed by atoms with Crippen LogP contribution < -0.4 is 4.90 Å². The third-order valence-corrected chi connectivity index (χ3v) is 12.9. The van der Waals surface area contributed by atoms with Crippen LogP contribution in [0.5, 0.6) is 0 Å². The van der Waals surface area contributed by atoms with Gasteiger partial charge >= 0.3 is 0 Å². The Kier molecular flexibility index (Phi) is 8.43. The van der Waals surface area contributed by atoms with E-state index in [0.717, 1.165) is 39.3 Å². The summed E-state index contributed by atoms with van der Waals surface area (Å²) in [7, 11) is 0. The summed E-state index contributed by atoms with van der Waals surface area (Å²) in [6, 6.07) is 88.3. The summed E-state index contributed by atoms with van der Waals surface area (Å²) in [5.74, 6) is 0. The average molecular weight is 789 g/mol. The van der Waals surface area contributed by atoms with Gasteiger partial charge in [0.05, 0.1) is 28.2 Å². The second kappa shape index (κ2) is 14.6. The van der Waals surface area contributed by atoms with Crippen molar-refractivity contribution in [2.75, 3.05) is 4.90 Å². The number of fused-ring (bicyclic) bond motifs is 9. The monoisotopic (exact) mass is 788 g/mol. The molecular weight excluding hydrogens is 749 g/mol. The van der Waals surface area contributed by atoms with E-state index in [9.17, 15) is 0 Å². The lowest BCUT2D eigenvalue weighted by Crippen LogP contribution is -2.36. The molecule has 9 aromatic carbocycles. The van der Waals surface area contributed by atoms with E-state index < -0.39 is 5.41 Å². The molecule has 1 spiro atoms. The SMILES string of the molecule is c1ccc(-c2ccc(-c3cc(-c4cccc(-c5ccc6c(c5)C5(c7ccccc7-6)c6ccccc6N(c6ccccc6)c6ccccc65)c4)cc(-c4ccccc4)n3)cc2)cc1. The summed E-state index contributed by atoms with van der Waals surface area (Å²) < 4.78 is 0. The van der Waals surface area contributed by atoms with E-state index in [1.807, 2.05) is 0 Å². The second-order valence-electron chi connectivity index (χ2n) is 16.3. The van der Waals surface area contributed by atoms with Gasteiger partial charge < -0.3 is 4.90 Å². The van der Waals surface area contributed by atoms with Gasteiger partial charge in [0.2, 0.25) is 0 Å². The molecule has 1 aromatic heterocycles. The Morgan fingerprint density at radius 3 is 1.37 bits per heavy atom. The number of nitrogens with zero attached hydrogens (tertiary/aromatic N) is 2. The van der Waals surface area contributed by atoms with Crippen molar-refractivity contribution < 1.29 is 0 Å². The Morgan fingerprint density at radius 2 is 0.710 bits per heavy atom. The molecule has 0 N–H and O–H groups in total. The van der Waals surface area contributed by atoms with E-state index in [1.165, 1.54) is 67.0 Å². The van der Waals surface area contributed by atoms with Gasteiger partial charge in [0.25, 0.3) is 0 Å². The summed E-state index contributed by atoms with van der Waals surface area (Å²) in [5.41, 5.74) is 21.9. The number of hydrogen-bond donors (Lipinski definition) is 0. The third kappa shape index (κ3) is 5.68. The predicted octanol–water partition coefficient (Wildman–Crippen LogP) is 15.6. The zero-order valence-electron chi connectivity index (χ0n) is 34.0. The standard InChI is InChI=1S/C60H40N2/c1-4-17-41(18-5-1)42-31-33-44(34-32-42)57-40-48(39-56(61-57)43-19-6-2-7-20-43)46-22-16-21-45(37-46)47-35-36-51-50-25-10-11-26-52(50)60(55(51)38-47)53-27-12-14-29-58(53)62(49-23-8-3-9-24-49)59-30-15-13-28-54(59)60/h1-40H. The maximum atomic E-state index is 5.25. The zero-order chi connectivity index (χ0) is 41.0. The number of para-hydroxylation sites is 3. The molecule has 1 aliphatic heterocycles. The summed E-state index contributed by atoms with van der Waals surface area (Å²) in [6.45, 7) is 0. The number of anilines is 3. The first kappa shape index (κ1) is 35.8. The first-order valence-corrected chi connectivity index (χ1v) is 21.4. The molecule has 12 rings (SSSR count). The highest BCUT2D eigenvalue weighted by Gasteiger charge is 2.51. The van der Waals surface area contributed by atoms with Crippen LogP contribution in [-0.4, -0.2) is 4.98 Å². The quantitative estimate of drug-likeness (QED) is 0.167. The van der Waals surface area contributed by atoms with Crippen molar-refractivity contribution in [1.29, 1.82) is 0 Å². The van der Waals surface area contributed by atoms with E-state index in [0.29, 0.717) is 0 Å². The fourth-order valence-electron chi connectivity index (χ4n) is 10.1. The van der Waals surface area contributed by atoms with Crippen molar-refractivity contribution in [3.05, 3.63) is 265 Å². The van der Waals surface area contributed by atoms with Crippen LogP contribution >= 0.6 is 0 Å². The van der Waals surface area contributed by atoms with Crippen LogP contribution in [0.3, 0.4) is 0 Å². The molecule has 62 heavy (non-hydrogen) atoms. The number of rotatable bonds is 6. The molecule has 2 heteroatoms. The molecule has 10 aromatic rings. The molecule has 0 saturated heterocycles. The van der Waals surface area contributed by atoms with E-state index in [4.69, 9.17) is 4.98 Å². The van der Waals surface area contributed by atoms with Gasteiger partial charge in [-0.05, 0) is 115 Å². The summed E-state index contributed by atoms with van der Waals surface area (Å²) in [5, 5.41) is 0. The first-order chi connectivity index (χ1) is 30.7. The van der Waals surface area contributed by atoms with Crippen molar-refractivity contribution >= 4 is 17.1 Å². The van der Waals surface area contributed by atoms with Gasteiger partial charge in [-0.3, -0.25) is 0 Å². The molecule has 0 radical (unpaired) electrons. The molecule has 290 valence electrons. The number of pyridine rings is 1. The fourth-order valence-corrected chi connectivity index (χ4v) is 10.1. The summed E-state index contributed by atoms with van der Waals surface area (Å²) >= 11 is 0. The minimum atomic E-state index is -0.515.